The number of benzene rings is 3. The zero-order chi connectivity index (χ0) is 29.6. The van der Waals surface area contributed by atoms with E-state index in [2.05, 4.69) is 57.1 Å². The molecular formula is C35H32ClN5O2. The Labute approximate surface area is 256 Å². The van der Waals surface area contributed by atoms with E-state index in [0.717, 1.165) is 69.8 Å². The molecule has 1 aliphatic heterocycles. The van der Waals surface area contributed by atoms with E-state index in [0.29, 0.717) is 22.9 Å². The minimum atomic E-state index is 0.286. The highest BCUT2D eigenvalue weighted by molar-refractivity contribution is 6.32. The molecule has 0 atom stereocenters. The van der Waals surface area contributed by atoms with Gasteiger partial charge in [-0.1, -0.05) is 42.3 Å². The van der Waals surface area contributed by atoms with Gasteiger partial charge in [-0.15, -0.1) is 0 Å². The Morgan fingerprint density at radius 3 is 2.51 bits per heavy atom. The molecule has 3 aromatic carbocycles. The molecule has 0 radical (unpaired) electrons. The molecule has 43 heavy (non-hydrogen) atoms. The average Bonchev–Trinajstić information content (AvgIpc) is 3.05. The van der Waals surface area contributed by atoms with Gasteiger partial charge in [0.2, 0.25) is 0 Å². The molecule has 0 saturated carbocycles. The molecule has 0 spiro atoms. The van der Waals surface area contributed by atoms with Crippen molar-refractivity contribution >= 4 is 22.6 Å². The number of hydrogen-bond acceptors (Lipinski definition) is 7. The van der Waals surface area contributed by atoms with Gasteiger partial charge in [0, 0.05) is 48.5 Å². The summed E-state index contributed by atoms with van der Waals surface area (Å²) in [6.45, 7) is 5.62. The predicted molar refractivity (Wildman–Crippen MR) is 168 cm³/mol. The lowest BCUT2D eigenvalue weighted by Crippen LogP contribution is -2.29. The summed E-state index contributed by atoms with van der Waals surface area (Å²) in [5, 5.41) is 9.81. The Morgan fingerprint density at radius 2 is 1.67 bits per heavy atom. The molecule has 5 aromatic rings. The highest BCUT2D eigenvalue weighted by atomic mass is 35.5. The first-order valence-electron chi connectivity index (χ1n) is 14.5. The summed E-state index contributed by atoms with van der Waals surface area (Å²) in [5.74, 6) is 1.28. The van der Waals surface area contributed by atoms with Gasteiger partial charge < -0.3 is 9.47 Å². The van der Waals surface area contributed by atoms with Crippen LogP contribution in [0.4, 0.5) is 0 Å². The van der Waals surface area contributed by atoms with Crippen molar-refractivity contribution in [3.63, 3.8) is 0 Å². The smallest absolute Gasteiger partial charge is 0.142 e. The Hall–Kier alpha value is -4.51. The molecule has 2 aromatic heterocycles. The number of halogens is 1. The van der Waals surface area contributed by atoms with Crippen molar-refractivity contribution < 1.29 is 9.47 Å². The predicted octanol–water partition coefficient (Wildman–Crippen LogP) is 7.67. The summed E-state index contributed by atoms with van der Waals surface area (Å²) in [4.78, 5) is 15.5. The topological polar surface area (TPSA) is 84.2 Å². The molecule has 216 valence electrons. The van der Waals surface area contributed by atoms with Crippen molar-refractivity contribution in [3.8, 4) is 28.7 Å². The number of rotatable bonds is 9. The third-order valence-electron chi connectivity index (χ3n) is 7.89. The van der Waals surface area contributed by atoms with Crippen LogP contribution in [0.3, 0.4) is 0 Å². The molecule has 1 aliphatic rings. The standard InChI is InChI=1S/C35H32ClN5O2/c1-24-28(6-5-7-30(24)27-8-9-32-33(16-27)40-11-10-39-32)23-43-35-17-34(42-22-26-14-25(18-37)19-38-20-26)29(15-31(35)36)21-41-12-3-2-4-13-41/h5-11,14-17,19-20H,2-4,12-13,21-23H2,1H3. The van der Waals surface area contributed by atoms with Crippen LogP contribution >= 0.6 is 11.6 Å². The largest absolute Gasteiger partial charge is 0.488 e. The van der Waals surface area contributed by atoms with Gasteiger partial charge in [0.1, 0.15) is 30.8 Å². The van der Waals surface area contributed by atoms with Gasteiger partial charge in [0.05, 0.1) is 21.6 Å². The van der Waals surface area contributed by atoms with Gasteiger partial charge in [0.25, 0.3) is 0 Å². The van der Waals surface area contributed by atoms with Gasteiger partial charge in [-0.25, -0.2) is 0 Å². The lowest BCUT2D eigenvalue weighted by molar-refractivity contribution is 0.214. The van der Waals surface area contributed by atoms with Crippen molar-refractivity contribution in [3.05, 3.63) is 112 Å². The number of ether oxygens (including phenoxy) is 2. The fraction of sp³-hybridized carbons (Fsp3) is 0.257. The van der Waals surface area contributed by atoms with Crippen LogP contribution in [0, 0.1) is 18.3 Å². The molecule has 0 unspecified atom stereocenters. The number of pyridine rings is 1. The Balaban J connectivity index is 1.24. The van der Waals surface area contributed by atoms with E-state index in [1.807, 2.05) is 24.3 Å². The summed E-state index contributed by atoms with van der Waals surface area (Å²) in [5.41, 5.74) is 8.47. The monoisotopic (exact) mass is 589 g/mol. The van der Waals surface area contributed by atoms with Crippen LogP contribution in [-0.4, -0.2) is 32.9 Å². The van der Waals surface area contributed by atoms with Crippen LogP contribution in [0.1, 0.15) is 47.1 Å². The van der Waals surface area contributed by atoms with Crippen LogP contribution in [0.25, 0.3) is 22.2 Å². The number of likely N-dealkylation sites (tertiary alicyclic amines) is 1. The number of fused-ring (bicyclic) bond motifs is 1. The molecule has 8 heteroatoms. The van der Waals surface area contributed by atoms with Crippen molar-refractivity contribution in [1.29, 1.82) is 5.26 Å². The zero-order valence-corrected chi connectivity index (χ0v) is 24.8. The molecule has 0 bridgehead atoms. The maximum atomic E-state index is 9.26. The van der Waals surface area contributed by atoms with Gasteiger partial charge in [-0.05, 0) is 79.4 Å². The summed E-state index contributed by atoms with van der Waals surface area (Å²) in [7, 11) is 0. The number of aromatic nitrogens is 3. The molecular weight excluding hydrogens is 558 g/mol. The third-order valence-corrected chi connectivity index (χ3v) is 8.18. The van der Waals surface area contributed by atoms with Crippen LogP contribution in [-0.2, 0) is 19.8 Å². The Morgan fingerprint density at radius 1 is 0.860 bits per heavy atom. The molecule has 1 fully saturated rings. The first-order valence-corrected chi connectivity index (χ1v) is 14.9. The fourth-order valence-corrected chi connectivity index (χ4v) is 5.77. The minimum Gasteiger partial charge on any atom is -0.488 e. The lowest BCUT2D eigenvalue weighted by atomic mass is 9.96. The van der Waals surface area contributed by atoms with Gasteiger partial charge in [-0.3, -0.25) is 19.9 Å². The quantitative estimate of drug-likeness (QED) is 0.174. The molecule has 7 nitrogen and oxygen atoms in total. The molecule has 1 saturated heterocycles. The second kappa shape index (κ2) is 13.2. The molecule has 0 aliphatic carbocycles. The molecule has 6 rings (SSSR count). The van der Waals surface area contributed by atoms with Crippen LogP contribution < -0.4 is 9.47 Å². The molecule has 0 N–H and O–H groups in total. The van der Waals surface area contributed by atoms with E-state index >= 15 is 0 Å². The number of nitrogens with zero attached hydrogens (tertiary/aromatic N) is 5. The Bertz CT molecular complexity index is 1800. The first-order chi connectivity index (χ1) is 21.1. The third kappa shape index (κ3) is 6.77. The lowest BCUT2D eigenvalue weighted by Gasteiger charge is -2.27. The fourth-order valence-electron chi connectivity index (χ4n) is 5.53. The second-order valence-corrected chi connectivity index (χ2v) is 11.3. The molecule has 3 heterocycles. The summed E-state index contributed by atoms with van der Waals surface area (Å²) >= 11 is 6.81. The summed E-state index contributed by atoms with van der Waals surface area (Å²) < 4.78 is 12.7. The van der Waals surface area contributed by atoms with Crippen LogP contribution in [0.15, 0.2) is 79.4 Å². The van der Waals surface area contributed by atoms with E-state index in [4.69, 9.17) is 21.1 Å². The van der Waals surface area contributed by atoms with E-state index in [1.165, 1.54) is 19.3 Å². The van der Waals surface area contributed by atoms with E-state index in [9.17, 15) is 5.26 Å². The van der Waals surface area contributed by atoms with Gasteiger partial charge in [-0.2, -0.15) is 5.26 Å². The van der Waals surface area contributed by atoms with Gasteiger partial charge in [0.15, 0.2) is 0 Å². The SMILES string of the molecule is Cc1c(COc2cc(OCc3cncc(C#N)c3)c(CN3CCCCC3)cc2Cl)cccc1-c1ccc2nccnc2c1. The number of nitriles is 1. The van der Waals surface area contributed by atoms with Crippen molar-refractivity contribution in [2.24, 2.45) is 0 Å². The summed E-state index contributed by atoms with van der Waals surface area (Å²) in [6.07, 6.45) is 10.3. The normalized spacial score (nSPS) is 13.5. The maximum absolute atomic E-state index is 9.26. The van der Waals surface area contributed by atoms with Crippen molar-refractivity contribution in [2.75, 3.05) is 13.1 Å². The minimum absolute atomic E-state index is 0.286. The van der Waals surface area contributed by atoms with Crippen molar-refractivity contribution in [2.45, 2.75) is 45.9 Å². The first kappa shape index (κ1) is 28.6. The number of hydrogen-bond donors (Lipinski definition) is 0. The highest BCUT2D eigenvalue weighted by Crippen LogP contribution is 2.36. The number of piperidine rings is 1. The average molecular weight is 590 g/mol. The molecule has 0 amide bonds. The van der Waals surface area contributed by atoms with E-state index < -0.39 is 0 Å². The maximum Gasteiger partial charge on any atom is 0.142 e. The van der Waals surface area contributed by atoms with Crippen molar-refractivity contribution in [1.82, 2.24) is 19.9 Å². The van der Waals surface area contributed by atoms with Crippen LogP contribution in [0.2, 0.25) is 5.02 Å². The van der Waals surface area contributed by atoms with E-state index in [1.54, 1.807) is 30.9 Å². The second-order valence-electron chi connectivity index (χ2n) is 10.8. The van der Waals surface area contributed by atoms with Crippen LogP contribution in [0.5, 0.6) is 11.5 Å². The highest BCUT2D eigenvalue weighted by Gasteiger charge is 2.18. The van der Waals surface area contributed by atoms with E-state index in [-0.39, 0.29) is 6.61 Å². The zero-order valence-electron chi connectivity index (χ0n) is 24.1. The Kier molecular flexibility index (Phi) is 8.78. The summed E-state index contributed by atoms with van der Waals surface area (Å²) in [6, 6.07) is 20.2. The van der Waals surface area contributed by atoms with Gasteiger partial charge >= 0.3 is 0 Å².